The van der Waals surface area contributed by atoms with E-state index in [1.54, 1.807) is 22.3 Å². The minimum absolute atomic E-state index is 0. The summed E-state index contributed by atoms with van der Waals surface area (Å²) in [5.41, 5.74) is 20.1. The molecule has 0 spiro atoms. The van der Waals surface area contributed by atoms with Crippen molar-refractivity contribution in [2.45, 2.75) is 119 Å². The van der Waals surface area contributed by atoms with E-state index < -0.39 is 26.8 Å². The van der Waals surface area contributed by atoms with Gasteiger partial charge in [-0.2, -0.15) is 0 Å². The summed E-state index contributed by atoms with van der Waals surface area (Å²) in [4.78, 5) is 0. The molecule has 0 heterocycles. The molecule has 59 heavy (non-hydrogen) atoms. The van der Waals surface area contributed by atoms with Crippen molar-refractivity contribution >= 4 is 18.1 Å². The maximum Gasteiger partial charge on any atom is -1.00 e. The van der Waals surface area contributed by atoms with Crippen LogP contribution in [0.25, 0.3) is 45.5 Å². The van der Waals surface area contributed by atoms with Gasteiger partial charge in [0.25, 0.3) is 0 Å². The quantitative estimate of drug-likeness (QED) is 0.0896. The zero-order valence-electron chi connectivity index (χ0n) is 37.4. The second kappa shape index (κ2) is 19.4. The van der Waals surface area contributed by atoms with Gasteiger partial charge in [-0.1, -0.05) is 0 Å². The Morgan fingerprint density at radius 3 is 1.71 bits per heavy atom. The van der Waals surface area contributed by atoms with E-state index in [4.69, 9.17) is 4.74 Å². The molecule has 5 heteroatoms. The summed E-state index contributed by atoms with van der Waals surface area (Å²) in [6, 6.07) is 39.5. The molecule has 2 aliphatic rings. The van der Waals surface area contributed by atoms with Crippen LogP contribution in [0.2, 0.25) is 13.1 Å². The van der Waals surface area contributed by atoms with Crippen LogP contribution in [0.5, 0.6) is 5.75 Å². The van der Waals surface area contributed by atoms with Gasteiger partial charge in [0, 0.05) is 0 Å². The first-order valence-corrected chi connectivity index (χ1v) is 31.6. The van der Waals surface area contributed by atoms with Gasteiger partial charge in [0.2, 0.25) is 0 Å². The van der Waals surface area contributed by atoms with Crippen molar-refractivity contribution in [1.82, 2.24) is 0 Å². The van der Waals surface area contributed by atoms with E-state index in [0.29, 0.717) is 7.25 Å². The Labute approximate surface area is 378 Å². The number of ether oxygens (including phenoxy) is 1. The van der Waals surface area contributed by atoms with Crippen molar-refractivity contribution < 1.29 is 50.5 Å². The predicted octanol–water partition coefficient (Wildman–Crippen LogP) is 9.47. The Bertz CT molecular complexity index is 2270. The van der Waals surface area contributed by atoms with Crippen LogP contribution in [0.15, 0.2) is 114 Å². The van der Waals surface area contributed by atoms with E-state index in [1.807, 2.05) is 7.11 Å². The molecule has 0 bridgehead atoms. The molecule has 7 rings (SSSR count). The minimum atomic E-state index is -2.31. The third-order valence-corrected chi connectivity index (χ3v) is 34.6. The van der Waals surface area contributed by atoms with E-state index >= 15 is 0 Å². The molecule has 0 aliphatic heterocycles. The summed E-state index contributed by atoms with van der Waals surface area (Å²) < 4.78 is 7.41. The molecule has 2 aliphatic carbocycles. The van der Waals surface area contributed by atoms with E-state index in [1.165, 1.54) is 87.7 Å². The van der Waals surface area contributed by atoms with E-state index in [2.05, 4.69) is 184 Å². The molecule has 2 unspecified atom stereocenters. The number of hydrogen-bond acceptors (Lipinski definition) is 1. The number of benzene rings is 5. The Hall–Kier alpha value is -2.94. The largest absolute Gasteiger partial charge is 1.00 e. The second-order valence-corrected chi connectivity index (χ2v) is 39.1. The molecule has 5 aromatic carbocycles. The predicted molar refractivity (Wildman–Crippen MR) is 248 cm³/mol. The van der Waals surface area contributed by atoms with Crippen LogP contribution >= 0.6 is 0 Å². The first-order chi connectivity index (χ1) is 27.2. The fourth-order valence-corrected chi connectivity index (χ4v) is 32.9. The number of rotatable bonds is 12. The number of fused-ring (bicyclic) bond motifs is 2. The third kappa shape index (κ3) is 9.45. The van der Waals surface area contributed by atoms with Gasteiger partial charge in [0.15, 0.2) is 0 Å². The molecule has 0 N–H and O–H groups in total. The molecule has 0 saturated carbocycles. The average molecular weight is 920 g/mol. The van der Waals surface area contributed by atoms with E-state index in [9.17, 15) is 0 Å². The van der Waals surface area contributed by atoms with Crippen molar-refractivity contribution in [3.63, 3.8) is 0 Å². The summed E-state index contributed by atoms with van der Waals surface area (Å²) in [6.07, 6.45) is 11.7. The third-order valence-electron chi connectivity index (χ3n) is 12.6. The Kier molecular flexibility index (Phi) is 15.5. The van der Waals surface area contributed by atoms with E-state index in [0.717, 1.165) is 5.75 Å². The Morgan fingerprint density at radius 2 is 1.14 bits per heavy atom. The fourth-order valence-electron chi connectivity index (χ4n) is 9.85. The van der Waals surface area contributed by atoms with Gasteiger partial charge in [0.1, 0.15) is 0 Å². The minimum Gasteiger partial charge on any atom is -1.00 e. The van der Waals surface area contributed by atoms with Gasteiger partial charge in [-0.25, -0.2) is 0 Å². The molecule has 5 aromatic rings. The maximum absolute atomic E-state index is 6.20. The van der Waals surface area contributed by atoms with Crippen LogP contribution < -0.4 is 29.6 Å². The molecule has 1 nitrogen and oxygen atoms in total. The maximum atomic E-state index is 6.20. The fraction of sp³-hybridized carbons (Fsp3) is 0.370. The molecular formula is C54H65Cl2OSiZr. The number of hydrogen-bond donors (Lipinski definition) is 0. The van der Waals surface area contributed by atoms with E-state index in [-0.39, 0.29) is 35.6 Å². The van der Waals surface area contributed by atoms with Crippen LogP contribution in [0.4, 0.5) is 0 Å². The van der Waals surface area contributed by atoms with Crippen molar-refractivity contribution in [3.8, 4) is 39.1 Å². The SMILES string of the molecule is CCCCCCC1=Cc2c(-c3ccccc3-c3ccccc3)cccc2[CH]1[Zr+2]([CH]1C(C)=Cc2c(-c3cc(C(C)(C)C)c(OC)c(C(C)(C)C)c3)cccc21)[SiH](C)C.[Cl-].[Cl-]. The van der Waals surface area contributed by atoms with Gasteiger partial charge in [-0.3, -0.25) is 0 Å². The molecule has 0 radical (unpaired) electrons. The van der Waals surface area contributed by atoms with Gasteiger partial charge in [-0.15, -0.1) is 0 Å². The normalized spacial score (nSPS) is 15.8. The summed E-state index contributed by atoms with van der Waals surface area (Å²) >= 11 is -2.31. The summed E-state index contributed by atoms with van der Waals surface area (Å²) in [5, 5.41) is 0. The molecule has 309 valence electrons. The molecule has 0 saturated heterocycles. The van der Waals surface area contributed by atoms with Crippen molar-refractivity contribution in [3.05, 3.63) is 148 Å². The van der Waals surface area contributed by atoms with Crippen LogP contribution in [0.3, 0.4) is 0 Å². The van der Waals surface area contributed by atoms with Gasteiger partial charge in [0.05, 0.1) is 0 Å². The Balaban J connectivity index is 0.00000331. The molecule has 0 aromatic heterocycles. The number of methoxy groups -OCH3 is 1. The number of halogens is 2. The first kappa shape index (κ1) is 47.1. The zero-order chi connectivity index (χ0) is 40.6. The molecular weight excluding hydrogens is 855 g/mol. The standard InChI is InChI=1S/C27H27.C25H31O.C2H7Si.2ClH.Zr/c1-2-3-4-6-12-21-19-23-15-11-18-26(27(23)20-21)25-17-10-9-16-24(25)22-13-7-5-8-14-22;1-16-12-17-10-9-11-19(20(17)13-16)18-14-21(24(2,3)4)23(26-8)22(15-18)25(5,6)7;1-3-2;;;/h5,7-11,13-20H,2-4,6,12H2,1H3;9-15H,1-8H3;3H,1-2H3;2*1H;/q;;;;;+2/p-2. The smallest absolute Gasteiger partial charge is 1.00 e. The van der Waals surface area contributed by atoms with Crippen molar-refractivity contribution in [2.75, 3.05) is 7.11 Å². The number of unbranched alkanes of at least 4 members (excludes halogenated alkanes) is 3. The zero-order valence-corrected chi connectivity index (χ0v) is 42.5. The topological polar surface area (TPSA) is 9.23 Å². The summed E-state index contributed by atoms with van der Waals surface area (Å²) in [7, 11) is 1.84. The Morgan fingerprint density at radius 1 is 0.593 bits per heavy atom. The van der Waals surface area contributed by atoms with Crippen LogP contribution in [0.1, 0.15) is 128 Å². The average Bonchev–Trinajstić information content (AvgIpc) is 3.72. The summed E-state index contributed by atoms with van der Waals surface area (Å²) in [6.45, 7) is 24.2. The van der Waals surface area contributed by atoms with Crippen molar-refractivity contribution in [1.29, 1.82) is 0 Å². The summed E-state index contributed by atoms with van der Waals surface area (Å²) in [5.74, 6) is -0.00314. The van der Waals surface area contributed by atoms with Gasteiger partial charge >= 0.3 is 356 Å². The van der Waals surface area contributed by atoms with Crippen LogP contribution in [-0.4, -0.2) is 13.0 Å². The van der Waals surface area contributed by atoms with Crippen molar-refractivity contribution in [2.24, 2.45) is 0 Å². The van der Waals surface area contributed by atoms with Crippen LogP contribution in [-0.2, 0) is 31.7 Å². The second-order valence-electron chi connectivity index (χ2n) is 19.1. The molecule has 0 amide bonds. The molecule has 2 atom stereocenters. The monoisotopic (exact) mass is 917 g/mol. The number of allylic oxidation sites excluding steroid dienone is 2. The molecule has 0 fully saturated rings. The van der Waals surface area contributed by atoms with Gasteiger partial charge in [-0.05, 0) is 0 Å². The van der Waals surface area contributed by atoms with Gasteiger partial charge < -0.3 is 24.8 Å². The van der Waals surface area contributed by atoms with Crippen LogP contribution in [0, 0.1) is 0 Å². The first-order valence-electron chi connectivity index (χ1n) is 21.6.